The SMILES string of the molecule is Cc1cc(F)c(Br)cc1NC(=O)C1Cc2ccccc21. The van der Waals surface area contributed by atoms with Crippen LogP contribution in [0.15, 0.2) is 40.9 Å². The maximum absolute atomic E-state index is 13.4. The highest BCUT2D eigenvalue weighted by molar-refractivity contribution is 9.10. The zero-order chi connectivity index (χ0) is 14.3. The maximum Gasteiger partial charge on any atom is 0.232 e. The Morgan fingerprint density at radius 3 is 2.85 bits per heavy atom. The molecule has 2 aromatic rings. The molecule has 0 aromatic heterocycles. The van der Waals surface area contributed by atoms with Gasteiger partial charge >= 0.3 is 0 Å². The first kappa shape index (κ1) is 13.3. The van der Waals surface area contributed by atoms with Crippen LogP contribution in [-0.2, 0) is 11.2 Å². The van der Waals surface area contributed by atoms with Gasteiger partial charge in [0.05, 0.1) is 10.4 Å². The summed E-state index contributed by atoms with van der Waals surface area (Å²) >= 11 is 3.14. The van der Waals surface area contributed by atoms with Crippen molar-refractivity contribution in [1.29, 1.82) is 0 Å². The number of anilines is 1. The van der Waals surface area contributed by atoms with Crippen molar-refractivity contribution >= 4 is 27.5 Å². The van der Waals surface area contributed by atoms with E-state index in [1.165, 1.54) is 11.6 Å². The van der Waals surface area contributed by atoms with Crippen LogP contribution in [0.25, 0.3) is 0 Å². The number of halogens is 2. The molecule has 2 nitrogen and oxygen atoms in total. The van der Waals surface area contributed by atoms with E-state index in [9.17, 15) is 9.18 Å². The molecule has 1 amide bonds. The Morgan fingerprint density at radius 1 is 1.35 bits per heavy atom. The summed E-state index contributed by atoms with van der Waals surface area (Å²) in [5.41, 5.74) is 3.67. The Morgan fingerprint density at radius 2 is 2.10 bits per heavy atom. The van der Waals surface area contributed by atoms with Crippen LogP contribution in [0.1, 0.15) is 22.6 Å². The van der Waals surface area contributed by atoms with Gasteiger partial charge in [-0.3, -0.25) is 4.79 Å². The smallest absolute Gasteiger partial charge is 0.232 e. The Bertz CT molecular complexity index is 699. The predicted octanol–water partition coefficient (Wildman–Crippen LogP) is 4.18. The fraction of sp³-hybridized carbons (Fsp3) is 0.188. The number of nitrogens with one attached hydrogen (secondary N) is 1. The van der Waals surface area contributed by atoms with E-state index < -0.39 is 0 Å². The second kappa shape index (κ2) is 5.02. The number of amides is 1. The van der Waals surface area contributed by atoms with Crippen molar-refractivity contribution in [3.05, 3.63) is 63.4 Å². The van der Waals surface area contributed by atoms with Crippen LogP contribution in [0.3, 0.4) is 0 Å². The Hall–Kier alpha value is -1.68. The van der Waals surface area contributed by atoms with Crippen LogP contribution in [0.2, 0.25) is 0 Å². The Labute approximate surface area is 125 Å². The molecule has 102 valence electrons. The molecule has 3 rings (SSSR count). The molecule has 0 bridgehead atoms. The van der Waals surface area contributed by atoms with Crippen LogP contribution in [-0.4, -0.2) is 5.91 Å². The molecule has 0 saturated heterocycles. The average molecular weight is 334 g/mol. The number of hydrogen-bond donors (Lipinski definition) is 1. The van der Waals surface area contributed by atoms with Crippen molar-refractivity contribution in [2.45, 2.75) is 19.3 Å². The topological polar surface area (TPSA) is 29.1 Å². The molecule has 0 saturated carbocycles. The second-order valence-corrected chi connectivity index (χ2v) is 5.88. The monoisotopic (exact) mass is 333 g/mol. The molecule has 4 heteroatoms. The molecule has 1 atom stereocenters. The van der Waals surface area contributed by atoms with Crippen molar-refractivity contribution in [1.82, 2.24) is 0 Å². The van der Waals surface area contributed by atoms with E-state index in [2.05, 4.69) is 21.2 Å². The number of rotatable bonds is 2. The maximum atomic E-state index is 13.4. The van der Waals surface area contributed by atoms with Gasteiger partial charge in [-0.05, 0) is 58.1 Å². The number of fused-ring (bicyclic) bond motifs is 1. The summed E-state index contributed by atoms with van der Waals surface area (Å²) in [6, 6.07) is 11.0. The van der Waals surface area contributed by atoms with E-state index in [1.807, 2.05) is 24.3 Å². The van der Waals surface area contributed by atoms with Crippen LogP contribution < -0.4 is 5.32 Å². The molecular weight excluding hydrogens is 321 g/mol. The van der Waals surface area contributed by atoms with Crippen LogP contribution in [0.5, 0.6) is 0 Å². The summed E-state index contributed by atoms with van der Waals surface area (Å²) in [5.74, 6) is -0.464. The van der Waals surface area contributed by atoms with Gasteiger partial charge < -0.3 is 5.32 Å². The van der Waals surface area contributed by atoms with E-state index in [0.717, 1.165) is 12.0 Å². The van der Waals surface area contributed by atoms with Crippen molar-refractivity contribution in [3.63, 3.8) is 0 Å². The van der Waals surface area contributed by atoms with Gasteiger partial charge in [-0.1, -0.05) is 24.3 Å². The van der Waals surface area contributed by atoms with Gasteiger partial charge in [0.25, 0.3) is 0 Å². The molecule has 20 heavy (non-hydrogen) atoms. The second-order valence-electron chi connectivity index (χ2n) is 5.03. The summed E-state index contributed by atoms with van der Waals surface area (Å²) in [5, 5.41) is 2.89. The quantitative estimate of drug-likeness (QED) is 0.877. The molecule has 1 unspecified atom stereocenters. The highest BCUT2D eigenvalue weighted by Gasteiger charge is 2.31. The van der Waals surface area contributed by atoms with Gasteiger partial charge in [0, 0.05) is 5.69 Å². The van der Waals surface area contributed by atoms with Crippen molar-refractivity contribution in [2.75, 3.05) is 5.32 Å². The minimum atomic E-state index is -0.325. The fourth-order valence-corrected chi connectivity index (χ4v) is 2.84. The predicted molar refractivity (Wildman–Crippen MR) is 80.4 cm³/mol. The molecule has 0 aliphatic heterocycles. The van der Waals surface area contributed by atoms with Gasteiger partial charge in [0.15, 0.2) is 0 Å². The summed E-state index contributed by atoms with van der Waals surface area (Å²) in [7, 11) is 0. The molecule has 0 spiro atoms. The molecule has 2 aromatic carbocycles. The van der Waals surface area contributed by atoms with E-state index in [0.29, 0.717) is 15.7 Å². The average Bonchev–Trinajstić information content (AvgIpc) is 2.37. The lowest BCUT2D eigenvalue weighted by Crippen LogP contribution is -2.30. The molecule has 1 N–H and O–H groups in total. The van der Waals surface area contributed by atoms with Crippen molar-refractivity contribution in [3.8, 4) is 0 Å². The van der Waals surface area contributed by atoms with Crippen molar-refractivity contribution in [2.24, 2.45) is 0 Å². The standard InChI is InChI=1S/C16H13BrFNO/c1-9-6-14(18)13(17)8-15(9)19-16(20)12-7-10-4-2-3-5-11(10)12/h2-6,8,12H,7H2,1H3,(H,19,20). The van der Waals surface area contributed by atoms with Crippen molar-refractivity contribution < 1.29 is 9.18 Å². The van der Waals surface area contributed by atoms with E-state index >= 15 is 0 Å². The normalized spacial score (nSPS) is 16.2. The summed E-state index contributed by atoms with van der Waals surface area (Å²) in [6.45, 7) is 1.78. The van der Waals surface area contributed by atoms with Crippen LogP contribution in [0, 0.1) is 12.7 Å². The van der Waals surface area contributed by atoms with E-state index in [4.69, 9.17) is 0 Å². The number of hydrogen-bond acceptors (Lipinski definition) is 1. The first-order valence-electron chi connectivity index (χ1n) is 6.40. The summed E-state index contributed by atoms with van der Waals surface area (Å²) in [4.78, 5) is 12.3. The highest BCUT2D eigenvalue weighted by atomic mass is 79.9. The molecule has 1 aliphatic rings. The molecular formula is C16H13BrFNO. The summed E-state index contributed by atoms with van der Waals surface area (Å²) < 4.78 is 13.7. The number of carbonyl (C=O) groups excluding carboxylic acids is 1. The van der Waals surface area contributed by atoms with E-state index in [-0.39, 0.29) is 17.6 Å². The van der Waals surface area contributed by atoms with Gasteiger partial charge in [0.1, 0.15) is 5.82 Å². The van der Waals surface area contributed by atoms with Gasteiger partial charge in [-0.15, -0.1) is 0 Å². The molecule has 0 radical (unpaired) electrons. The number of aryl methyl sites for hydroxylation is 1. The van der Waals surface area contributed by atoms with Gasteiger partial charge in [-0.25, -0.2) is 4.39 Å². The van der Waals surface area contributed by atoms with E-state index in [1.54, 1.807) is 13.0 Å². The zero-order valence-electron chi connectivity index (χ0n) is 10.9. The van der Waals surface area contributed by atoms with Crippen LogP contribution in [0.4, 0.5) is 10.1 Å². The molecule has 0 heterocycles. The highest BCUT2D eigenvalue weighted by Crippen LogP contribution is 2.36. The Kier molecular flexibility index (Phi) is 3.34. The number of benzene rings is 2. The third-order valence-electron chi connectivity index (χ3n) is 3.70. The molecule has 0 fully saturated rings. The fourth-order valence-electron chi connectivity index (χ4n) is 2.49. The minimum Gasteiger partial charge on any atom is -0.325 e. The number of carbonyl (C=O) groups is 1. The Balaban J connectivity index is 1.80. The van der Waals surface area contributed by atoms with Gasteiger partial charge in [-0.2, -0.15) is 0 Å². The third-order valence-corrected chi connectivity index (χ3v) is 4.30. The largest absolute Gasteiger partial charge is 0.325 e. The molecule has 1 aliphatic carbocycles. The van der Waals surface area contributed by atoms with Crippen LogP contribution >= 0.6 is 15.9 Å². The third kappa shape index (κ3) is 2.24. The zero-order valence-corrected chi connectivity index (χ0v) is 12.5. The van der Waals surface area contributed by atoms with Gasteiger partial charge in [0.2, 0.25) is 5.91 Å². The lowest BCUT2D eigenvalue weighted by atomic mass is 9.77. The summed E-state index contributed by atoms with van der Waals surface area (Å²) in [6.07, 6.45) is 0.767. The first-order valence-corrected chi connectivity index (χ1v) is 7.20. The lowest BCUT2D eigenvalue weighted by molar-refractivity contribution is -0.118. The minimum absolute atomic E-state index is 0.0368. The first-order chi connectivity index (χ1) is 9.56. The lowest BCUT2D eigenvalue weighted by Gasteiger charge is -2.29.